The topological polar surface area (TPSA) is 23.6 Å². The summed E-state index contributed by atoms with van der Waals surface area (Å²) in [6.45, 7) is 10.2. The maximum Gasteiger partial charge on any atom is 0.228 e. The second-order valence-electron chi connectivity index (χ2n) is 5.83. The third-order valence-electron chi connectivity index (χ3n) is 3.52. The largest absolute Gasteiger partial charge is 0.339 e. The molecule has 0 N–H and O–H groups in total. The number of hydrogen-bond donors (Lipinski definition) is 0. The zero-order valence-electron chi connectivity index (χ0n) is 10.1. The summed E-state index contributed by atoms with van der Waals surface area (Å²) in [6.07, 6.45) is 2.58. The number of fused-ring (bicyclic) bond motifs is 1. The molecule has 0 bridgehead atoms. The Kier molecular flexibility index (Phi) is 2.75. The molecule has 0 radical (unpaired) electrons. The van der Waals surface area contributed by atoms with Crippen LogP contribution in [0, 0.1) is 5.41 Å². The SMILES string of the molecule is CC(C)(C)C(=O)N1CCN2CCCC2C1. The molecule has 1 atom stereocenters. The van der Waals surface area contributed by atoms with Crippen LogP contribution in [0.2, 0.25) is 0 Å². The van der Waals surface area contributed by atoms with Gasteiger partial charge in [0.25, 0.3) is 0 Å². The highest BCUT2D eigenvalue weighted by atomic mass is 16.2. The Morgan fingerprint density at radius 1 is 1.20 bits per heavy atom. The fourth-order valence-electron chi connectivity index (χ4n) is 2.65. The summed E-state index contributed by atoms with van der Waals surface area (Å²) in [7, 11) is 0. The van der Waals surface area contributed by atoms with Crippen LogP contribution in [0.5, 0.6) is 0 Å². The zero-order chi connectivity index (χ0) is 11.1. The Labute approximate surface area is 92.4 Å². The van der Waals surface area contributed by atoms with Crippen molar-refractivity contribution in [3.8, 4) is 0 Å². The molecule has 15 heavy (non-hydrogen) atoms. The van der Waals surface area contributed by atoms with Crippen LogP contribution in [0.1, 0.15) is 33.6 Å². The quantitative estimate of drug-likeness (QED) is 0.602. The van der Waals surface area contributed by atoms with Gasteiger partial charge >= 0.3 is 0 Å². The number of rotatable bonds is 0. The summed E-state index contributed by atoms with van der Waals surface area (Å²) in [6, 6.07) is 0.644. The molecule has 3 nitrogen and oxygen atoms in total. The standard InChI is InChI=1S/C12H22N2O/c1-12(2,3)11(15)14-8-7-13-6-4-5-10(13)9-14/h10H,4-9H2,1-3H3. The Morgan fingerprint density at radius 3 is 2.60 bits per heavy atom. The van der Waals surface area contributed by atoms with Crippen LogP contribution < -0.4 is 0 Å². The molecule has 0 saturated carbocycles. The van der Waals surface area contributed by atoms with E-state index in [1.807, 2.05) is 20.8 Å². The predicted molar refractivity (Wildman–Crippen MR) is 60.6 cm³/mol. The molecule has 0 aromatic carbocycles. The van der Waals surface area contributed by atoms with E-state index in [0.717, 1.165) is 19.6 Å². The van der Waals surface area contributed by atoms with Crippen LogP contribution in [0.15, 0.2) is 0 Å². The minimum Gasteiger partial charge on any atom is -0.339 e. The molecule has 2 aliphatic heterocycles. The number of amides is 1. The molecule has 86 valence electrons. The third kappa shape index (κ3) is 2.17. The molecule has 0 aliphatic carbocycles. The summed E-state index contributed by atoms with van der Waals surface area (Å²) in [5.74, 6) is 0.314. The number of piperazine rings is 1. The lowest BCUT2D eigenvalue weighted by molar-refractivity contribution is -0.142. The maximum atomic E-state index is 12.1. The van der Waals surface area contributed by atoms with Crippen molar-refractivity contribution < 1.29 is 4.79 Å². The van der Waals surface area contributed by atoms with Crippen LogP contribution in [-0.4, -0.2) is 47.9 Å². The van der Waals surface area contributed by atoms with Crippen LogP contribution in [0.25, 0.3) is 0 Å². The lowest BCUT2D eigenvalue weighted by atomic mass is 9.94. The molecule has 2 saturated heterocycles. The van der Waals surface area contributed by atoms with Crippen molar-refractivity contribution in [3.63, 3.8) is 0 Å². The minimum absolute atomic E-state index is 0.221. The number of carbonyl (C=O) groups is 1. The molecule has 0 aromatic heterocycles. The molecule has 3 heteroatoms. The number of carbonyl (C=O) groups excluding carboxylic acids is 1. The van der Waals surface area contributed by atoms with Crippen LogP contribution in [-0.2, 0) is 4.79 Å². The molecule has 2 heterocycles. The van der Waals surface area contributed by atoms with E-state index in [1.54, 1.807) is 0 Å². The first-order valence-electron chi connectivity index (χ1n) is 6.02. The highest BCUT2D eigenvalue weighted by molar-refractivity contribution is 5.81. The Balaban J connectivity index is 1.98. The van der Waals surface area contributed by atoms with E-state index in [2.05, 4.69) is 9.80 Å². The van der Waals surface area contributed by atoms with Gasteiger partial charge in [-0.1, -0.05) is 20.8 Å². The van der Waals surface area contributed by atoms with Gasteiger partial charge in [0.05, 0.1) is 0 Å². The Hall–Kier alpha value is -0.570. The van der Waals surface area contributed by atoms with Gasteiger partial charge in [-0.25, -0.2) is 0 Å². The first kappa shape index (κ1) is 10.9. The fourth-order valence-corrected chi connectivity index (χ4v) is 2.65. The van der Waals surface area contributed by atoms with E-state index in [9.17, 15) is 4.79 Å². The molecule has 0 aromatic rings. The summed E-state index contributed by atoms with van der Waals surface area (Å²) >= 11 is 0. The minimum atomic E-state index is -0.221. The molecule has 2 aliphatic rings. The first-order chi connectivity index (χ1) is 6.98. The number of hydrogen-bond acceptors (Lipinski definition) is 2. The highest BCUT2D eigenvalue weighted by Crippen LogP contribution is 2.25. The number of nitrogens with zero attached hydrogens (tertiary/aromatic N) is 2. The van der Waals surface area contributed by atoms with Gasteiger partial charge in [-0.3, -0.25) is 9.69 Å². The van der Waals surface area contributed by atoms with Gasteiger partial charge in [0.1, 0.15) is 0 Å². The Morgan fingerprint density at radius 2 is 1.93 bits per heavy atom. The molecular weight excluding hydrogens is 188 g/mol. The normalized spacial score (nSPS) is 27.9. The van der Waals surface area contributed by atoms with E-state index < -0.39 is 0 Å². The van der Waals surface area contributed by atoms with E-state index >= 15 is 0 Å². The summed E-state index contributed by atoms with van der Waals surface area (Å²) in [5, 5.41) is 0. The molecule has 2 fully saturated rings. The zero-order valence-corrected chi connectivity index (χ0v) is 10.1. The van der Waals surface area contributed by atoms with Gasteiger partial charge in [-0.2, -0.15) is 0 Å². The van der Waals surface area contributed by atoms with Crippen molar-refractivity contribution in [3.05, 3.63) is 0 Å². The van der Waals surface area contributed by atoms with E-state index in [1.165, 1.54) is 19.4 Å². The lowest BCUT2D eigenvalue weighted by Crippen LogP contribution is -2.54. The van der Waals surface area contributed by atoms with E-state index in [0.29, 0.717) is 11.9 Å². The first-order valence-corrected chi connectivity index (χ1v) is 6.02. The van der Waals surface area contributed by atoms with Gasteiger partial charge < -0.3 is 4.90 Å². The fraction of sp³-hybridized carbons (Fsp3) is 0.917. The second kappa shape index (κ2) is 3.78. The van der Waals surface area contributed by atoms with Gasteiger partial charge in [-0.15, -0.1) is 0 Å². The molecule has 1 amide bonds. The predicted octanol–water partition coefficient (Wildman–Crippen LogP) is 1.34. The third-order valence-corrected chi connectivity index (χ3v) is 3.52. The lowest BCUT2D eigenvalue weighted by Gasteiger charge is -2.40. The molecular formula is C12H22N2O. The Bertz CT molecular complexity index is 257. The smallest absolute Gasteiger partial charge is 0.228 e. The monoisotopic (exact) mass is 210 g/mol. The molecule has 0 spiro atoms. The van der Waals surface area contributed by atoms with Crippen LogP contribution in [0.3, 0.4) is 0 Å². The van der Waals surface area contributed by atoms with Gasteiger partial charge in [0.2, 0.25) is 5.91 Å². The van der Waals surface area contributed by atoms with E-state index in [-0.39, 0.29) is 5.41 Å². The van der Waals surface area contributed by atoms with Crippen molar-refractivity contribution in [1.29, 1.82) is 0 Å². The van der Waals surface area contributed by atoms with Crippen LogP contribution >= 0.6 is 0 Å². The highest BCUT2D eigenvalue weighted by Gasteiger charge is 2.35. The van der Waals surface area contributed by atoms with Gasteiger partial charge in [-0.05, 0) is 19.4 Å². The van der Waals surface area contributed by atoms with Crippen LogP contribution in [0.4, 0.5) is 0 Å². The summed E-state index contributed by atoms with van der Waals surface area (Å²) in [5.41, 5.74) is -0.221. The van der Waals surface area contributed by atoms with Crippen molar-refractivity contribution in [2.45, 2.75) is 39.7 Å². The van der Waals surface area contributed by atoms with Crippen molar-refractivity contribution >= 4 is 5.91 Å². The maximum absolute atomic E-state index is 12.1. The van der Waals surface area contributed by atoms with Crippen molar-refractivity contribution in [1.82, 2.24) is 9.80 Å². The summed E-state index contributed by atoms with van der Waals surface area (Å²) < 4.78 is 0. The van der Waals surface area contributed by atoms with Gasteiger partial charge in [0.15, 0.2) is 0 Å². The molecule has 1 unspecified atom stereocenters. The van der Waals surface area contributed by atoms with Crippen molar-refractivity contribution in [2.24, 2.45) is 5.41 Å². The summed E-state index contributed by atoms with van der Waals surface area (Å²) in [4.78, 5) is 16.7. The molecule has 2 rings (SSSR count). The second-order valence-corrected chi connectivity index (χ2v) is 5.83. The van der Waals surface area contributed by atoms with E-state index in [4.69, 9.17) is 0 Å². The van der Waals surface area contributed by atoms with Gasteiger partial charge in [0, 0.05) is 31.1 Å². The average Bonchev–Trinajstić information content (AvgIpc) is 2.61. The average molecular weight is 210 g/mol. The van der Waals surface area contributed by atoms with Crippen molar-refractivity contribution in [2.75, 3.05) is 26.2 Å².